The van der Waals surface area contributed by atoms with E-state index in [4.69, 9.17) is 18.5 Å². The summed E-state index contributed by atoms with van der Waals surface area (Å²) in [6.07, 6.45) is 87.7. The number of carbonyl (C=O) groups is 2. The molecule has 0 aromatic heterocycles. The van der Waals surface area contributed by atoms with Gasteiger partial charge in [-0.2, -0.15) is 0 Å². The van der Waals surface area contributed by atoms with E-state index in [0.717, 1.165) is 135 Å². The molecule has 1 N–H and O–H groups in total. The number of phosphoric acid groups is 1. The van der Waals surface area contributed by atoms with Crippen molar-refractivity contribution in [2.45, 2.75) is 238 Å². The van der Waals surface area contributed by atoms with Gasteiger partial charge in [0.15, 0.2) is 6.10 Å². The number of allylic oxidation sites excluding steroid dienone is 24. The number of unbranched alkanes of at least 4 members (excludes halogenated alkanes) is 18. The number of hydrogen-bond donors (Lipinski definition) is 1. The van der Waals surface area contributed by atoms with E-state index < -0.39 is 26.5 Å². The number of nitrogens with zero attached hydrogens (tertiary/aromatic N) is 1. The fraction of sp³-hybridized carbons (Fsp3) is 0.629. The number of hydrogen-bond acceptors (Lipinski definition) is 7. The second kappa shape index (κ2) is 59.5. The van der Waals surface area contributed by atoms with Gasteiger partial charge in [-0.3, -0.25) is 18.6 Å². The summed E-state index contributed by atoms with van der Waals surface area (Å²) in [4.78, 5) is 35.8. The second-order valence-corrected chi connectivity index (χ2v) is 23.1. The number of esters is 2. The van der Waals surface area contributed by atoms with Gasteiger partial charge < -0.3 is 18.9 Å². The molecule has 9 nitrogen and oxygen atoms in total. The molecule has 10 heteroatoms. The van der Waals surface area contributed by atoms with Crippen molar-refractivity contribution in [1.29, 1.82) is 0 Å². The monoisotopic (exact) mass is 1130 g/mol. The minimum Gasteiger partial charge on any atom is -0.462 e. The van der Waals surface area contributed by atoms with Gasteiger partial charge in [0.2, 0.25) is 0 Å². The average molecular weight is 1130 g/mol. The van der Waals surface area contributed by atoms with Crippen LogP contribution in [0.2, 0.25) is 0 Å². The Bertz CT molecular complexity index is 1860. The molecule has 0 aliphatic heterocycles. The normalized spacial score (nSPS) is 14.2. The molecule has 0 saturated heterocycles. The van der Waals surface area contributed by atoms with Crippen LogP contribution in [-0.4, -0.2) is 74.9 Å². The first-order chi connectivity index (χ1) is 39.0. The summed E-state index contributed by atoms with van der Waals surface area (Å²) >= 11 is 0. The topological polar surface area (TPSA) is 108 Å². The molecule has 0 heterocycles. The molecule has 0 rings (SSSR count). The summed E-state index contributed by atoms with van der Waals surface area (Å²) in [5.41, 5.74) is 0. The van der Waals surface area contributed by atoms with Crippen molar-refractivity contribution in [3.8, 4) is 0 Å². The maximum absolute atomic E-state index is 12.9. The third-order valence-electron chi connectivity index (χ3n) is 12.9. The van der Waals surface area contributed by atoms with E-state index in [1.807, 2.05) is 21.1 Å². The van der Waals surface area contributed by atoms with Crippen LogP contribution in [-0.2, 0) is 32.7 Å². The first kappa shape index (κ1) is 75.9. The van der Waals surface area contributed by atoms with Gasteiger partial charge in [0, 0.05) is 12.8 Å². The lowest BCUT2D eigenvalue weighted by molar-refractivity contribution is -0.870. The Balaban J connectivity index is 4.19. The van der Waals surface area contributed by atoms with Crippen molar-refractivity contribution in [3.05, 3.63) is 146 Å². The third kappa shape index (κ3) is 63.1. The zero-order chi connectivity index (χ0) is 58.4. The van der Waals surface area contributed by atoms with Crippen LogP contribution in [0, 0.1) is 0 Å². The largest absolute Gasteiger partial charge is 0.472 e. The van der Waals surface area contributed by atoms with Crippen LogP contribution < -0.4 is 0 Å². The quantitative estimate of drug-likeness (QED) is 0.0211. The number of phosphoric ester groups is 1. The van der Waals surface area contributed by atoms with Crippen molar-refractivity contribution in [3.63, 3.8) is 0 Å². The maximum atomic E-state index is 12.9. The van der Waals surface area contributed by atoms with E-state index in [2.05, 4.69) is 160 Å². The number of carbonyl (C=O) groups excluding carboxylic acids is 2. The molecule has 0 aromatic carbocycles. The molecule has 0 aliphatic rings. The standard InChI is InChI=1S/C70H116NO8P/c1-6-8-10-12-14-16-18-20-22-24-26-28-30-32-33-34-35-36-37-39-41-43-45-47-49-51-53-55-57-59-61-63-70(73)79-68(67-78-80(74,75)77-65-64-71(3,4)5)66-76-69(72)62-60-58-56-54-52-50-48-46-44-42-40-38-31-29-27-25-23-21-19-17-15-13-11-9-7-2/h8-11,14-17,20-23,26-29,32-33,35-36,38-41,68H,6-7,12-13,18-19,24-25,30-31,34,37,42-67H2,1-5H3/p+1/b10-8-,11-9-,16-14-,17-15-,22-20-,23-21-,28-26-,29-27-,33-32-,36-35-,40-38-,41-39-. The Morgan fingerprint density at radius 1 is 0.388 bits per heavy atom. The van der Waals surface area contributed by atoms with Gasteiger partial charge in [-0.05, 0) is 116 Å². The number of likely N-dealkylation sites (N-methyl/N-ethyl adjacent to an activating group) is 1. The van der Waals surface area contributed by atoms with Crippen molar-refractivity contribution in [2.24, 2.45) is 0 Å². The second-order valence-electron chi connectivity index (χ2n) is 21.7. The van der Waals surface area contributed by atoms with Crippen LogP contribution in [0.5, 0.6) is 0 Å². The molecule has 0 spiro atoms. The molecule has 0 amide bonds. The Morgan fingerprint density at radius 2 is 0.675 bits per heavy atom. The Morgan fingerprint density at radius 3 is 1.00 bits per heavy atom. The maximum Gasteiger partial charge on any atom is 0.472 e. The van der Waals surface area contributed by atoms with Crippen molar-refractivity contribution in [2.75, 3.05) is 47.5 Å². The third-order valence-corrected chi connectivity index (χ3v) is 13.8. The van der Waals surface area contributed by atoms with Gasteiger partial charge in [-0.1, -0.05) is 250 Å². The smallest absolute Gasteiger partial charge is 0.462 e. The average Bonchev–Trinajstić information content (AvgIpc) is 3.42. The lowest BCUT2D eigenvalue weighted by Gasteiger charge is -2.24. The van der Waals surface area contributed by atoms with E-state index in [-0.39, 0.29) is 32.0 Å². The molecule has 0 bridgehead atoms. The predicted molar refractivity (Wildman–Crippen MR) is 343 cm³/mol. The summed E-state index contributed by atoms with van der Waals surface area (Å²) in [5.74, 6) is -0.820. The highest BCUT2D eigenvalue weighted by Gasteiger charge is 2.27. The van der Waals surface area contributed by atoms with Crippen LogP contribution in [0.3, 0.4) is 0 Å². The van der Waals surface area contributed by atoms with Gasteiger partial charge in [0.1, 0.15) is 19.8 Å². The van der Waals surface area contributed by atoms with Crippen LogP contribution in [0.1, 0.15) is 232 Å². The number of rotatable bonds is 56. The number of ether oxygens (including phenoxy) is 2. The Hall–Kier alpha value is -4.11. The van der Waals surface area contributed by atoms with Gasteiger partial charge in [-0.25, -0.2) is 4.57 Å². The molecule has 0 aromatic rings. The molecule has 80 heavy (non-hydrogen) atoms. The Kier molecular flexibility index (Phi) is 56.5. The van der Waals surface area contributed by atoms with E-state index >= 15 is 0 Å². The minimum absolute atomic E-state index is 0.0214. The highest BCUT2D eigenvalue weighted by molar-refractivity contribution is 7.47. The zero-order valence-electron chi connectivity index (χ0n) is 51.5. The van der Waals surface area contributed by atoms with E-state index in [1.165, 1.54) is 64.2 Å². The summed E-state index contributed by atoms with van der Waals surface area (Å²) < 4.78 is 34.6. The SMILES string of the molecule is CC/C=C\C/C=C\C/C=C\C/C=C\C/C=C\C/C=C\C/C=C\CCCCCCCCCCCC(=O)OC(COC(=O)CCCCCCCCCCC/C=C\C/C=C\C/C=C\C/C=C\C/C=C\CC)COP(=O)(O)OCC[N+](C)(C)C. The predicted octanol–water partition coefficient (Wildman–Crippen LogP) is 20.3. The lowest BCUT2D eigenvalue weighted by atomic mass is 10.1. The zero-order valence-corrected chi connectivity index (χ0v) is 52.4. The van der Waals surface area contributed by atoms with Crippen LogP contribution in [0.4, 0.5) is 0 Å². The molecular formula is C70H117NO8P+. The Labute approximate surface area is 491 Å². The summed E-state index contributed by atoms with van der Waals surface area (Å²) in [5, 5.41) is 0. The number of quaternary nitrogens is 1. The van der Waals surface area contributed by atoms with Crippen molar-refractivity contribution in [1.82, 2.24) is 0 Å². The van der Waals surface area contributed by atoms with Crippen LogP contribution in [0.25, 0.3) is 0 Å². The molecule has 0 saturated carbocycles. The van der Waals surface area contributed by atoms with Gasteiger partial charge >= 0.3 is 19.8 Å². The first-order valence-corrected chi connectivity index (χ1v) is 33.1. The molecule has 454 valence electrons. The summed E-state index contributed by atoms with van der Waals surface area (Å²) in [7, 11) is 1.45. The minimum atomic E-state index is -4.40. The van der Waals surface area contributed by atoms with Crippen molar-refractivity contribution >= 4 is 19.8 Å². The summed E-state index contributed by atoms with van der Waals surface area (Å²) in [6, 6.07) is 0. The summed E-state index contributed by atoms with van der Waals surface area (Å²) in [6.45, 7) is 4.18. The molecule has 2 unspecified atom stereocenters. The highest BCUT2D eigenvalue weighted by atomic mass is 31.2. The molecule has 2 atom stereocenters. The molecular weight excluding hydrogens is 1010 g/mol. The first-order valence-electron chi connectivity index (χ1n) is 31.6. The van der Waals surface area contributed by atoms with E-state index in [0.29, 0.717) is 17.4 Å². The fourth-order valence-electron chi connectivity index (χ4n) is 8.08. The van der Waals surface area contributed by atoms with Gasteiger partial charge in [0.25, 0.3) is 0 Å². The van der Waals surface area contributed by atoms with E-state index in [1.54, 1.807) is 0 Å². The van der Waals surface area contributed by atoms with Crippen LogP contribution in [0.15, 0.2) is 146 Å². The molecule has 0 fully saturated rings. The highest BCUT2D eigenvalue weighted by Crippen LogP contribution is 2.43. The van der Waals surface area contributed by atoms with E-state index in [9.17, 15) is 19.0 Å². The molecule has 0 radical (unpaired) electrons. The van der Waals surface area contributed by atoms with Gasteiger partial charge in [0.05, 0.1) is 27.7 Å². The lowest BCUT2D eigenvalue weighted by Crippen LogP contribution is -2.37. The van der Waals surface area contributed by atoms with Gasteiger partial charge in [-0.15, -0.1) is 0 Å². The molecule has 0 aliphatic carbocycles. The van der Waals surface area contributed by atoms with Crippen molar-refractivity contribution < 1.29 is 42.1 Å². The van der Waals surface area contributed by atoms with Crippen LogP contribution >= 0.6 is 7.82 Å². The fourth-order valence-corrected chi connectivity index (χ4v) is 8.82.